The zero-order chi connectivity index (χ0) is 22.1. The number of hydrogen-bond donors (Lipinski definition) is 0. The van der Waals surface area contributed by atoms with E-state index in [1.807, 2.05) is 29.2 Å². The molecule has 0 N–H and O–H groups in total. The molecule has 0 aliphatic carbocycles. The summed E-state index contributed by atoms with van der Waals surface area (Å²) in [6.45, 7) is 1.48. The van der Waals surface area contributed by atoms with Crippen molar-refractivity contribution in [1.82, 2.24) is 14.9 Å². The number of hydrogen-bond acceptors (Lipinski definition) is 5. The van der Waals surface area contributed by atoms with E-state index in [4.69, 9.17) is 4.74 Å². The second-order valence-corrected chi connectivity index (χ2v) is 8.22. The summed E-state index contributed by atoms with van der Waals surface area (Å²) in [4.78, 5) is 37.7. The average Bonchev–Trinajstić information content (AvgIpc) is 3.21. The lowest BCUT2D eigenvalue weighted by Gasteiger charge is -2.33. The van der Waals surface area contributed by atoms with Gasteiger partial charge < -0.3 is 14.5 Å². The molecule has 1 unspecified atom stereocenters. The van der Waals surface area contributed by atoms with E-state index in [-0.39, 0.29) is 36.1 Å². The third-order valence-electron chi connectivity index (χ3n) is 6.08. The molecule has 2 aliphatic heterocycles. The van der Waals surface area contributed by atoms with Crippen LogP contribution in [0, 0.1) is 11.7 Å². The molecule has 2 saturated heterocycles. The summed E-state index contributed by atoms with van der Waals surface area (Å²) in [5, 5.41) is 0. The van der Waals surface area contributed by atoms with Gasteiger partial charge in [-0.05, 0) is 36.4 Å². The number of fused-ring (bicyclic) bond motifs is 1. The highest BCUT2D eigenvalue weighted by Gasteiger charge is 2.38. The van der Waals surface area contributed by atoms with Gasteiger partial charge in [-0.1, -0.05) is 12.1 Å². The Morgan fingerprint density at radius 2 is 1.75 bits per heavy atom. The number of aromatic nitrogens is 2. The van der Waals surface area contributed by atoms with Gasteiger partial charge in [0.2, 0.25) is 17.7 Å². The molecule has 32 heavy (non-hydrogen) atoms. The van der Waals surface area contributed by atoms with Crippen molar-refractivity contribution in [3.05, 3.63) is 60.5 Å². The molecule has 1 aromatic heterocycles. The maximum Gasteiger partial charge on any atom is 0.233 e. The topological polar surface area (TPSA) is 75.6 Å². The van der Waals surface area contributed by atoms with Gasteiger partial charge in [-0.15, -0.1) is 0 Å². The molecule has 8 heteroatoms. The van der Waals surface area contributed by atoms with E-state index in [2.05, 4.69) is 9.97 Å². The van der Waals surface area contributed by atoms with Crippen LogP contribution >= 0.6 is 0 Å². The summed E-state index contributed by atoms with van der Waals surface area (Å²) in [5.74, 6) is -0.357. The fourth-order valence-electron chi connectivity index (χ4n) is 4.36. The number of benzene rings is 2. The number of ether oxygens (including phenoxy) is 1. The van der Waals surface area contributed by atoms with Gasteiger partial charge in [0.15, 0.2) is 0 Å². The van der Waals surface area contributed by atoms with Gasteiger partial charge in [0.1, 0.15) is 11.9 Å². The molecule has 0 bridgehead atoms. The number of carbonyl (C=O) groups excluding carboxylic acids is 2. The van der Waals surface area contributed by atoms with E-state index >= 15 is 0 Å². The number of carbonyl (C=O) groups is 2. The summed E-state index contributed by atoms with van der Waals surface area (Å²) in [6, 6.07) is 13.4. The van der Waals surface area contributed by atoms with Crippen LogP contribution in [-0.2, 0) is 9.59 Å². The molecule has 3 aromatic rings. The lowest BCUT2D eigenvalue weighted by molar-refractivity contribution is -0.137. The van der Waals surface area contributed by atoms with Crippen molar-refractivity contribution < 1.29 is 18.7 Å². The van der Waals surface area contributed by atoms with Crippen molar-refractivity contribution in [3.63, 3.8) is 0 Å². The van der Waals surface area contributed by atoms with Crippen LogP contribution in [0.3, 0.4) is 0 Å². The third-order valence-corrected chi connectivity index (χ3v) is 6.08. The highest BCUT2D eigenvalue weighted by molar-refractivity contribution is 6.00. The highest BCUT2D eigenvalue weighted by Crippen LogP contribution is 2.28. The first-order valence-corrected chi connectivity index (χ1v) is 10.8. The van der Waals surface area contributed by atoms with Gasteiger partial charge in [-0.25, -0.2) is 14.4 Å². The maximum absolute atomic E-state index is 13.2. The molecule has 1 atom stereocenters. The average molecular weight is 434 g/mol. The highest BCUT2D eigenvalue weighted by atomic mass is 19.1. The summed E-state index contributed by atoms with van der Waals surface area (Å²) in [5.41, 5.74) is 2.23. The molecular weight excluding hydrogens is 411 g/mol. The number of anilines is 1. The van der Waals surface area contributed by atoms with Gasteiger partial charge in [-0.2, -0.15) is 0 Å². The predicted octanol–water partition coefficient (Wildman–Crippen LogP) is 3.19. The Balaban J connectivity index is 1.16. The molecule has 2 aromatic carbocycles. The Kier molecular flexibility index (Phi) is 5.43. The van der Waals surface area contributed by atoms with Gasteiger partial charge >= 0.3 is 0 Å². The SMILES string of the molecule is O=C(C1CC(=O)N(c2ccc(F)cc2)C1)N1CCC(Oc2cnc3ccccc3n2)CC1. The molecule has 164 valence electrons. The van der Waals surface area contributed by atoms with E-state index in [1.165, 1.54) is 12.1 Å². The standard InChI is InChI=1S/C24H23FN4O3/c25-17-5-7-18(8-6-17)29-15-16(13-23(29)30)24(31)28-11-9-19(10-12-28)32-22-14-26-20-3-1-2-4-21(20)27-22/h1-8,14,16,19H,9-13,15H2. The molecule has 2 aliphatic rings. The number of likely N-dealkylation sites (tertiary alicyclic amines) is 1. The number of halogens is 1. The maximum atomic E-state index is 13.2. The van der Waals surface area contributed by atoms with Crippen LogP contribution in [0.5, 0.6) is 5.88 Å². The summed E-state index contributed by atoms with van der Waals surface area (Å²) >= 11 is 0. The third kappa shape index (κ3) is 4.12. The van der Waals surface area contributed by atoms with Crippen LogP contribution in [0.1, 0.15) is 19.3 Å². The van der Waals surface area contributed by atoms with Crippen LogP contribution in [0.2, 0.25) is 0 Å². The number of piperidine rings is 1. The fraction of sp³-hybridized carbons (Fsp3) is 0.333. The normalized spacial score (nSPS) is 19.5. The van der Waals surface area contributed by atoms with Crippen LogP contribution < -0.4 is 9.64 Å². The monoisotopic (exact) mass is 434 g/mol. The summed E-state index contributed by atoms with van der Waals surface area (Å²) < 4.78 is 19.2. The molecule has 0 saturated carbocycles. The zero-order valence-corrected chi connectivity index (χ0v) is 17.5. The van der Waals surface area contributed by atoms with Crippen molar-refractivity contribution in [2.75, 3.05) is 24.5 Å². The number of amides is 2. The van der Waals surface area contributed by atoms with Gasteiger partial charge in [0.05, 0.1) is 23.1 Å². The van der Waals surface area contributed by atoms with Crippen LogP contribution in [0.25, 0.3) is 11.0 Å². The van der Waals surface area contributed by atoms with Crippen LogP contribution in [-0.4, -0.2) is 52.4 Å². The van der Waals surface area contributed by atoms with Crippen LogP contribution in [0.4, 0.5) is 10.1 Å². The van der Waals surface area contributed by atoms with Crippen molar-refractivity contribution >= 4 is 28.5 Å². The fourth-order valence-corrected chi connectivity index (χ4v) is 4.36. The first-order chi connectivity index (χ1) is 15.6. The lowest BCUT2D eigenvalue weighted by Crippen LogP contribution is -2.45. The molecule has 2 fully saturated rings. The Morgan fingerprint density at radius 1 is 1.03 bits per heavy atom. The number of para-hydroxylation sites is 2. The largest absolute Gasteiger partial charge is 0.473 e. The number of rotatable bonds is 4. The number of nitrogens with zero attached hydrogens (tertiary/aromatic N) is 4. The first-order valence-electron chi connectivity index (χ1n) is 10.8. The predicted molar refractivity (Wildman–Crippen MR) is 117 cm³/mol. The minimum atomic E-state index is -0.378. The second-order valence-electron chi connectivity index (χ2n) is 8.22. The van der Waals surface area contributed by atoms with Crippen molar-refractivity contribution in [2.24, 2.45) is 5.92 Å². The van der Waals surface area contributed by atoms with E-state index in [0.29, 0.717) is 44.0 Å². The van der Waals surface area contributed by atoms with Crippen molar-refractivity contribution in [2.45, 2.75) is 25.4 Å². The molecule has 7 nitrogen and oxygen atoms in total. The Morgan fingerprint density at radius 3 is 2.50 bits per heavy atom. The molecular formula is C24H23FN4O3. The van der Waals surface area contributed by atoms with E-state index in [9.17, 15) is 14.0 Å². The quantitative estimate of drug-likeness (QED) is 0.631. The van der Waals surface area contributed by atoms with E-state index in [1.54, 1.807) is 23.2 Å². The van der Waals surface area contributed by atoms with E-state index < -0.39 is 0 Å². The minimum Gasteiger partial charge on any atom is -0.473 e. The molecule has 0 spiro atoms. The minimum absolute atomic E-state index is 0.00749. The second kappa shape index (κ2) is 8.53. The van der Waals surface area contributed by atoms with Gasteiger partial charge in [0, 0.05) is 44.6 Å². The Bertz CT molecular complexity index is 1150. The van der Waals surface area contributed by atoms with E-state index in [0.717, 1.165) is 11.0 Å². The molecule has 5 rings (SSSR count). The summed E-state index contributed by atoms with van der Waals surface area (Å²) in [6.07, 6.45) is 3.17. The summed E-state index contributed by atoms with van der Waals surface area (Å²) in [7, 11) is 0. The Hall–Kier alpha value is -3.55. The lowest BCUT2D eigenvalue weighted by atomic mass is 10.0. The van der Waals surface area contributed by atoms with Crippen LogP contribution in [0.15, 0.2) is 54.7 Å². The van der Waals surface area contributed by atoms with Crippen molar-refractivity contribution in [1.29, 1.82) is 0 Å². The molecule has 2 amide bonds. The van der Waals surface area contributed by atoms with Crippen molar-refractivity contribution in [3.8, 4) is 5.88 Å². The van der Waals surface area contributed by atoms with Gasteiger partial charge in [-0.3, -0.25) is 9.59 Å². The molecule has 0 radical (unpaired) electrons. The zero-order valence-electron chi connectivity index (χ0n) is 17.5. The first kappa shape index (κ1) is 20.4. The van der Waals surface area contributed by atoms with Gasteiger partial charge in [0.25, 0.3) is 0 Å². The smallest absolute Gasteiger partial charge is 0.233 e. The molecule has 3 heterocycles. The Labute approximate surface area is 184 Å².